The van der Waals surface area contributed by atoms with E-state index in [9.17, 15) is 10.1 Å². The van der Waals surface area contributed by atoms with Crippen LogP contribution in [0.25, 0.3) is 11.8 Å². The third-order valence-corrected chi connectivity index (χ3v) is 5.61. The van der Waals surface area contributed by atoms with Crippen LogP contribution < -0.4 is 10.5 Å². The first-order valence-corrected chi connectivity index (χ1v) is 10.2. The first-order chi connectivity index (χ1) is 13.4. The average molecular weight is 386 g/mol. The summed E-state index contributed by atoms with van der Waals surface area (Å²) >= 11 is 0. The fourth-order valence-electron chi connectivity index (χ4n) is 3.34. The molecule has 0 radical (unpaired) electrons. The molecule has 0 atom stereocenters. The van der Waals surface area contributed by atoms with Gasteiger partial charge >= 0.3 is 0 Å². The van der Waals surface area contributed by atoms with E-state index >= 15 is 0 Å². The van der Waals surface area contributed by atoms with Crippen LogP contribution in [0.3, 0.4) is 0 Å². The Hall–Kier alpha value is -3.36. The third kappa shape index (κ3) is 3.97. The Balaban J connectivity index is 1.95. The highest BCUT2D eigenvalue weighted by Gasteiger charge is 2.14. The highest BCUT2D eigenvalue weighted by molar-refractivity contribution is 6.34. The van der Waals surface area contributed by atoms with Crippen molar-refractivity contribution in [2.75, 3.05) is 5.32 Å². The Labute approximate surface area is 168 Å². The lowest BCUT2D eigenvalue weighted by Crippen LogP contribution is -2.14. The largest absolute Gasteiger partial charge is 0.321 e. The number of aromatic nitrogens is 1. The number of carbonyl (C=O) groups is 1. The molecule has 5 heteroatoms. The Morgan fingerprint density at radius 2 is 1.86 bits per heavy atom. The summed E-state index contributed by atoms with van der Waals surface area (Å²) in [5.74, 6) is -0.402. The van der Waals surface area contributed by atoms with Gasteiger partial charge in [-0.05, 0) is 67.4 Å². The monoisotopic (exact) mass is 385 g/mol. The molecule has 1 N–H and O–H groups in total. The smallest absolute Gasteiger partial charge is 0.266 e. The van der Waals surface area contributed by atoms with Gasteiger partial charge in [0.1, 0.15) is 11.6 Å². The second-order valence-corrected chi connectivity index (χ2v) is 8.02. The molecule has 0 aliphatic heterocycles. The molecule has 0 fully saturated rings. The number of anilines is 1. The molecule has 3 aromatic rings. The summed E-state index contributed by atoms with van der Waals surface area (Å²) < 4.78 is 2.18. The van der Waals surface area contributed by atoms with Crippen LogP contribution in [-0.4, -0.2) is 20.7 Å². The fraction of sp³-hybridized carbons (Fsp3) is 0.130. The van der Waals surface area contributed by atoms with Crippen LogP contribution in [0.4, 0.5) is 5.69 Å². The van der Waals surface area contributed by atoms with E-state index in [0.717, 1.165) is 38.4 Å². The Kier molecular flexibility index (Phi) is 5.62. The molecule has 28 heavy (non-hydrogen) atoms. The van der Waals surface area contributed by atoms with Gasteiger partial charge in [0, 0.05) is 33.0 Å². The SMILES string of the molecule is Cc1cccc(NC(=O)/C(C#N)=C\c2cc(C)n(-c3ccccc3[SiH3])c2C)c1. The summed E-state index contributed by atoms with van der Waals surface area (Å²) in [5, 5.41) is 13.6. The van der Waals surface area contributed by atoms with E-state index in [0.29, 0.717) is 5.69 Å². The van der Waals surface area contributed by atoms with Gasteiger partial charge in [-0.15, -0.1) is 0 Å². The van der Waals surface area contributed by atoms with Gasteiger partial charge in [0.05, 0.1) is 0 Å². The molecule has 0 bridgehead atoms. The van der Waals surface area contributed by atoms with Crippen molar-refractivity contribution >= 4 is 33.1 Å². The minimum atomic E-state index is -0.402. The van der Waals surface area contributed by atoms with Gasteiger partial charge in [-0.3, -0.25) is 4.79 Å². The van der Waals surface area contributed by atoms with Gasteiger partial charge in [0.15, 0.2) is 0 Å². The molecule has 0 spiro atoms. The van der Waals surface area contributed by atoms with E-state index in [4.69, 9.17) is 0 Å². The van der Waals surface area contributed by atoms with E-state index in [-0.39, 0.29) is 5.57 Å². The lowest BCUT2D eigenvalue weighted by molar-refractivity contribution is -0.112. The molecule has 4 nitrogen and oxygen atoms in total. The summed E-state index contributed by atoms with van der Waals surface area (Å²) in [7, 11) is 0.944. The van der Waals surface area contributed by atoms with E-state index in [1.165, 1.54) is 5.19 Å². The van der Waals surface area contributed by atoms with E-state index < -0.39 is 5.91 Å². The van der Waals surface area contributed by atoms with Crippen LogP contribution in [0.2, 0.25) is 0 Å². The molecule has 0 unspecified atom stereocenters. The normalized spacial score (nSPS) is 11.3. The summed E-state index contributed by atoms with van der Waals surface area (Å²) in [5.41, 5.74) is 5.93. The molecule has 3 rings (SSSR count). The van der Waals surface area contributed by atoms with Crippen LogP contribution in [0.5, 0.6) is 0 Å². The first kappa shape index (κ1) is 19.4. The second-order valence-electron chi connectivity index (χ2n) is 6.94. The van der Waals surface area contributed by atoms with Gasteiger partial charge in [-0.1, -0.05) is 30.3 Å². The maximum absolute atomic E-state index is 12.6. The molecule has 140 valence electrons. The number of benzene rings is 2. The van der Waals surface area contributed by atoms with Gasteiger partial charge in [-0.2, -0.15) is 5.26 Å². The van der Waals surface area contributed by atoms with Crippen LogP contribution in [0, 0.1) is 32.1 Å². The van der Waals surface area contributed by atoms with Crippen LogP contribution in [0.15, 0.2) is 60.2 Å². The molecule has 0 saturated heterocycles. The number of hydrogen-bond acceptors (Lipinski definition) is 2. The number of amides is 1. The zero-order chi connectivity index (χ0) is 20.3. The molecule has 2 aromatic carbocycles. The van der Waals surface area contributed by atoms with Gasteiger partial charge in [0.25, 0.3) is 5.91 Å². The van der Waals surface area contributed by atoms with Crippen molar-refractivity contribution in [2.45, 2.75) is 20.8 Å². The molecule has 0 aliphatic carbocycles. The number of hydrogen-bond donors (Lipinski definition) is 1. The number of nitriles is 1. The van der Waals surface area contributed by atoms with Crippen molar-refractivity contribution in [2.24, 2.45) is 0 Å². The Morgan fingerprint density at radius 1 is 1.11 bits per heavy atom. The maximum Gasteiger partial charge on any atom is 0.266 e. The molecule has 1 amide bonds. The highest BCUT2D eigenvalue weighted by atomic mass is 28.1. The zero-order valence-electron chi connectivity index (χ0n) is 16.6. The molecule has 0 aliphatic rings. The van der Waals surface area contributed by atoms with Gasteiger partial charge in [0.2, 0.25) is 0 Å². The van der Waals surface area contributed by atoms with Crippen molar-refractivity contribution < 1.29 is 4.79 Å². The summed E-state index contributed by atoms with van der Waals surface area (Å²) in [6.45, 7) is 6.01. The lowest BCUT2D eigenvalue weighted by Gasteiger charge is -2.12. The van der Waals surface area contributed by atoms with Crippen molar-refractivity contribution in [1.82, 2.24) is 4.57 Å². The van der Waals surface area contributed by atoms with Crippen molar-refractivity contribution in [3.8, 4) is 11.8 Å². The molecule has 1 aromatic heterocycles. The summed E-state index contributed by atoms with van der Waals surface area (Å²) in [6, 6.07) is 19.9. The Morgan fingerprint density at radius 3 is 2.54 bits per heavy atom. The van der Waals surface area contributed by atoms with Crippen molar-refractivity contribution in [3.05, 3.63) is 82.7 Å². The number of nitrogens with one attached hydrogen (secondary N) is 1. The maximum atomic E-state index is 12.6. The molecular formula is C23H23N3OSi. The average Bonchev–Trinajstić information content (AvgIpc) is 2.93. The predicted molar refractivity (Wildman–Crippen MR) is 118 cm³/mol. The van der Waals surface area contributed by atoms with Gasteiger partial charge < -0.3 is 9.88 Å². The number of rotatable bonds is 4. The second kappa shape index (κ2) is 8.11. The molecule has 1 heterocycles. The Bertz CT molecular complexity index is 1120. The van der Waals surface area contributed by atoms with Gasteiger partial charge in [-0.25, -0.2) is 0 Å². The number of aryl methyl sites for hydroxylation is 2. The van der Waals surface area contributed by atoms with Crippen LogP contribution in [0.1, 0.15) is 22.5 Å². The minimum absolute atomic E-state index is 0.0842. The highest BCUT2D eigenvalue weighted by Crippen LogP contribution is 2.22. The predicted octanol–water partition coefficient (Wildman–Crippen LogP) is 2.94. The standard InChI is InChI=1S/C23H23N3OSi/c1-15-7-6-8-20(11-15)25-23(27)19(14-24)13-18-12-16(2)26(17(18)3)21-9-4-5-10-22(21)28/h4-13H,1-3,28H3,(H,25,27)/b19-13-. The number of nitrogens with zero attached hydrogens (tertiary/aromatic N) is 2. The number of carbonyl (C=O) groups excluding carboxylic acids is 1. The lowest BCUT2D eigenvalue weighted by atomic mass is 10.1. The third-order valence-electron chi connectivity index (χ3n) is 4.77. The minimum Gasteiger partial charge on any atom is -0.321 e. The van der Waals surface area contributed by atoms with E-state index in [1.54, 1.807) is 6.08 Å². The quantitative estimate of drug-likeness (QED) is 0.426. The van der Waals surface area contributed by atoms with Crippen molar-refractivity contribution in [3.63, 3.8) is 0 Å². The van der Waals surface area contributed by atoms with Crippen LogP contribution >= 0.6 is 0 Å². The number of para-hydroxylation sites is 1. The topological polar surface area (TPSA) is 57.8 Å². The molecule has 0 saturated carbocycles. The summed E-state index contributed by atoms with van der Waals surface area (Å²) in [6.07, 6.45) is 1.67. The fourth-order valence-corrected chi connectivity index (χ4v) is 3.93. The van der Waals surface area contributed by atoms with Crippen molar-refractivity contribution in [1.29, 1.82) is 5.26 Å². The van der Waals surface area contributed by atoms with Crippen LogP contribution in [-0.2, 0) is 4.79 Å². The van der Waals surface area contributed by atoms with E-state index in [1.807, 2.05) is 69.3 Å². The first-order valence-electron chi connectivity index (χ1n) is 9.15. The molecular weight excluding hydrogens is 362 g/mol. The summed E-state index contributed by atoms with van der Waals surface area (Å²) in [4.78, 5) is 12.6. The van der Waals surface area contributed by atoms with E-state index in [2.05, 4.69) is 22.0 Å². The zero-order valence-corrected chi connectivity index (χ0v) is 18.6.